The van der Waals surface area contributed by atoms with Crippen LogP contribution in [-0.2, 0) is 6.42 Å². The van der Waals surface area contributed by atoms with Crippen molar-refractivity contribution in [2.75, 3.05) is 11.5 Å². The van der Waals surface area contributed by atoms with E-state index in [9.17, 15) is 4.79 Å². The summed E-state index contributed by atoms with van der Waals surface area (Å²) in [7, 11) is 0. The minimum atomic E-state index is -0.122. The summed E-state index contributed by atoms with van der Waals surface area (Å²) in [4.78, 5) is 25.1. The summed E-state index contributed by atoms with van der Waals surface area (Å²) < 4.78 is 1.63. The van der Waals surface area contributed by atoms with Gasteiger partial charge in [-0.1, -0.05) is 73.1 Å². The van der Waals surface area contributed by atoms with E-state index in [1.807, 2.05) is 79.7 Å². The van der Waals surface area contributed by atoms with Crippen LogP contribution < -0.4 is 17.0 Å². The second-order valence-corrected chi connectivity index (χ2v) is 7.79. The van der Waals surface area contributed by atoms with Gasteiger partial charge in [-0.2, -0.15) is 4.98 Å². The molecule has 0 saturated carbocycles. The van der Waals surface area contributed by atoms with Gasteiger partial charge in [0.1, 0.15) is 11.6 Å². The molecule has 2 heterocycles. The van der Waals surface area contributed by atoms with E-state index in [0.717, 1.165) is 22.6 Å². The van der Waals surface area contributed by atoms with Gasteiger partial charge in [0.05, 0.1) is 21.6 Å². The van der Waals surface area contributed by atoms with Crippen LogP contribution in [0.1, 0.15) is 12.7 Å². The van der Waals surface area contributed by atoms with Gasteiger partial charge in [-0.15, -0.1) is 0 Å². The number of hydrogen-bond donors (Lipinski definition) is 2. The Hall–Kier alpha value is -4.23. The average Bonchev–Trinajstić information content (AvgIpc) is 2.85. The number of rotatable bonds is 3. The lowest BCUT2D eigenvalue weighted by Crippen LogP contribution is -2.23. The molecule has 0 atom stereocenters. The Morgan fingerprint density at radius 3 is 2.21 bits per heavy atom. The van der Waals surface area contributed by atoms with Crippen molar-refractivity contribution in [2.45, 2.75) is 13.3 Å². The molecule has 5 aromatic rings. The Bertz CT molecular complexity index is 1490. The van der Waals surface area contributed by atoms with Crippen molar-refractivity contribution in [3.63, 3.8) is 0 Å². The van der Waals surface area contributed by atoms with E-state index in [1.165, 1.54) is 0 Å². The predicted molar refractivity (Wildman–Crippen MR) is 138 cm³/mol. The zero-order valence-electron chi connectivity index (χ0n) is 18.5. The van der Waals surface area contributed by atoms with Gasteiger partial charge in [-0.05, 0) is 29.8 Å². The lowest BCUT2D eigenvalue weighted by atomic mass is 10.1. The largest absolute Gasteiger partial charge is 0.383 e. The fraction of sp³-hybridized carbons (Fsp3) is 0.0769. The van der Waals surface area contributed by atoms with Crippen molar-refractivity contribution in [1.82, 2.24) is 19.5 Å². The number of benzene rings is 3. The topological polar surface area (TPSA) is 113 Å². The number of nitrogen functional groups attached to an aromatic ring is 2. The molecule has 0 aliphatic carbocycles. The van der Waals surface area contributed by atoms with E-state index < -0.39 is 0 Å². The van der Waals surface area contributed by atoms with Gasteiger partial charge in [0.25, 0.3) is 5.56 Å². The molecule has 0 spiro atoms. The zero-order chi connectivity index (χ0) is 24.1. The van der Waals surface area contributed by atoms with Gasteiger partial charge in [-0.25, -0.2) is 9.97 Å². The lowest BCUT2D eigenvalue weighted by molar-refractivity contribution is 0.833. The molecule has 0 amide bonds. The summed E-state index contributed by atoms with van der Waals surface area (Å²) >= 11 is 6.16. The van der Waals surface area contributed by atoms with Gasteiger partial charge in [-0.3, -0.25) is 9.36 Å². The van der Waals surface area contributed by atoms with Crippen LogP contribution in [0.2, 0.25) is 5.02 Å². The van der Waals surface area contributed by atoms with Gasteiger partial charge in [0.15, 0.2) is 0 Å². The molecule has 0 aliphatic heterocycles. The minimum absolute atomic E-state index is 0.122. The summed E-state index contributed by atoms with van der Waals surface area (Å²) in [5.74, 6) is 1.34. The van der Waals surface area contributed by atoms with Gasteiger partial charge >= 0.3 is 0 Å². The quantitative estimate of drug-likeness (QED) is 0.387. The minimum Gasteiger partial charge on any atom is -0.383 e. The first-order valence-corrected chi connectivity index (χ1v) is 11.1. The van der Waals surface area contributed by atoms with E-state index in [1.54, 1.807) is 16.8 Å². The normalized spacial score (nSPS) is 10.5. The van der Waals surface area contributed by atoms with Crippen molar-refractivity contribution >= 4 is 34.3 Å². The van der Waals surface area contributed by atoms with Crippen molar-refractivity contribution in [2.24, 2.45) is 0 Å². The summed E-state index contributed by atoms with van der Waals surface area (Å²) in [5, 5.41) is 0.905. The third kappa shape index (κ3) is 4.74. The number of nitrogens with zero attached hydrogens (tertiary/aromatic N) is 4. The van der Waals surface area contributed by atoms with Crippen LogP contribution in [0.15, 0.2) is 89.9 Å². The zero-order valence-corrected chi connectivity index (χ0v) is 19.3. The molecule has 2 aromatic heterocycles. The number of anilines is 2. The van der Waals surface area contributed by atoms with Crippen molar-refractivity contribution < 1.29 is 0 Å². The van der Waals surface area contributed by atoms with E-state index >= 15 is 0 Å². The number of aromatic nitrogens is 4. The molecule has 8 heteroatoms. The Balaban J connectivity index is 0.000000172. The highest BCUT2D eigenvalue weighted by Gasteiger charge is 2.13. The van der Waals surface area contributed by atoms with Crippen LogP contribution in [0.25, 0.3) is 27.7 Å². The lowest BCUT2D eigenvalue weighted by Gasteiger charge is -2.12. The predicted octanol–water partition coefficient (Wildman–Crippen LogP) is 4.91. The van der Waals surface area contributed by atoms with Gasteiger partial charge < -0.3 is 11.5 Å². The SMILES string of the molecule is CCc1nc2cccc(Cl)c2c(=O)n1-c1ccccc1.Nc1ncc(-c2ccccc2)c(N)n1. The monoisotopic (exact) mass is 470 g/mol. The van der Waals surface area contributed by atoms with Crippen LogP contribution >= 0.6 is 11.6 Å². The summed E-state index contributed by atoms with van der Waals surface area (Å²) in [6.45, 7) is 1.98. The highest BCUT2D eigenvalue weighted by Crippen LogP contribution is 2.23. The maximum absolute atomic E-state index is 12.8. The maximum Gasteiger partial charge on any atom is 0.267 e. The first kappa shape index (κ1) is 22.9. The molecule has 170 valence electrons. The molecule has 7 nitrogen and oxygen atoms in total. The van der Waals surface area contributed by atoms with E-state index in [4.69, 9.17) is 23.1 Å². The van der Waals surface area contributed by atoms with Crippen LogP contribution in [-0.4, -0.2) is 19.5 Å². The van der Waals surface area contributed by atoms with Gasteiger partial charge in [0.2, 0.25) is 5.95 Å². The standard InChI is InChI=1S/C16H13ClN2O.C10H10N4/c1-2-14-18-13-10-6-9-12(17)15(13)16(20)19(14)11-7-4-3-5-8-11;11-9-8(6-13-10(12)14-9)7-4-2-1-3-5-7/h3-10H,2H2,1H3;1-6H,(H4,11,12,13,14). The van der Waals surface area contributed by atoms with Crippen molar-refractivity contribution in [3.05, 3.63) is 106 Å². The molecule has 0 unspecified atom stereocenters. The molecule has 3 aromatic carbocycles. The van der Waals surface area contributed by atoms with Crippen molar-refractivity contribution in [3.8, 4) is 16.8 Å². The Morgan fingerprint density at radius 1 is 0.882 bits per heavy atom. The van der Waals surface area contributed by atoms with E-state index in [-0.39, 0.29) is 11.5 Å². The summed E-state index contributed by atoms with van der Waals surface area (Å²) in [5.41, 5.74) is 14.3. The highest BCUT2D eigenvalue weighted by molar-refractivity contribution is 6.35. The third-order valence-electron chi connectivity index (χ3n) is 5.17. The molecule has 4 N–H and O–H groups in total. The number of hydrogen-bond acceptors (Lipinski definition) is 6. The van der Waals surface area contributed by atoms with Crippen LogP contribution in [0.5, 0.6) is 0 Å². The molecule has 0 bridgehead atoms. The van der Waals surface area contributed by atoms with E-state index in [0.29, 0.717) is 28.2 Å². The van der Waals surface area contributed by atoms with Crippen LogP contribution in [0, 0.1) is 0 Å². The Labute approximate surface area is 201 Å². The smallest absolute Gasteiger partial charge is 0.267 e. The first-order valence-electron chi connectivity index (χ1n) is 10.7. The fourth-order valence-electron chi connectivity index (χ4n) is 3.57. The maximum atomic E-state index is 12.8. The van der Waals surface area contributed by atoms with Crippen LogP contribution in [0.4, 0.5) is 11.8 Å². The Morgan fingerprint density at radius 2 is 1.56 bits per heavy atom. The Kier molecular flexibility index (Phi) is 6.85. The second kappa shape index (κ2) is 10.1. The summed E-state index contributed by atoms with van der Waals surface area (Å²) in [6, 6.07) is 24.6. The second-order valence-electron chi connectivity index (χ2n) is 7.38. The molecule has 0 radical (unpaired) electrons. The molecular formula is C26H23ClN6O. The summed E-state index contributed by atoms with van der Waals surface area (Å²) in [6.07, 6.45) is 2.31. The van der Waals surface area contributed by atoms with Crippen molar-refractivity contribution in [1.29, 1.82) is 0 Å². The number of fused-ring (bicyclic) bond motifs is 1. The highest BCUT2D eigenvalue weighted by atomic mass is 35.5. The molecule has 5 rings (SSSR count). The molecule has 34 heavy (non-hydrogen) atoms. The average molecular weight is 471 g/mol. The van der Waals surface area contributed by atoms with Gasteiger partial charge in [0, 0.05) is 18.2 Å². The number of para-hydroxylation sites is 1. The number of halogens is 1. The molecule has 0 fully saturated rings. The van der Waals surface area contributed by atoms with Crippen LogP contribution in [0.3, 0.4) is 0 Å². The number of nitrogens with two attached hydrogens (primary N) is 2. The fourth-order valence-corrected chi connectivity index (χ4v) is 3.82. The molecule has 0 saturated heterocycles. The molecule has 0 aliphatic rings. The third-order valence-corrected chi connectivity index (χ3v) is 5.48. The number of aryl methyl sites for hydroxylation is 1. The first-order chi connectivity index (χ1) is 16.5. The molecular weight excluding hydrogens is 448 g/mol. The van der Waals surface area contributed by atoms with E-state index in [2.05, 4.69) is 15.0 Å².